The molecule has 0 atom stereocenters. The third-order valence-electron chi connectivity index (χ3n) is 5.28. The minimum Gasteiger partial charge on any atom is -0.489 e. The van der Waals surface area contributed by atoms with E-state index < -0.39 is 0 Å². The fourth-order valence-corrected chi connectivity index (χ4v) is 3.38. The summed E-state index contributed by atoms with van der Waals surface area (Å²) in [5.41, 5.74) is 4.14. The molecule has 0 bridgehead atoms. The molecule has 0 spiro atoms. The predicted octanol–water partition coefficient (Wildman–Crippen LogP) is 5.25. The zero-order chi connectivity index (χ0) is 24.3. The lowest BCUT2D eigenvalue weighted by molar-refractivity contribution is -0.114. The molecule has 4 rings (SSSR count). The van der Waals surface area contributed by atoms with E-state index in [2.05, 4.69) is 16.0 Å². The molecule has 3 N–H and O–H groups in total. The van der Waals surface area contributed by atoms with Crippen LogP contribution in [-0.2, 0) is 17.9 Å². The number of rotatable bonds is 10. The number of anilines is 2. The maximum atomic E-state index is 12.3. The minimum absolute atomic E-state index is 0.103. The number of carbonyl (C=O) groups excluding carboxylic acids is 2. The van der Waals surface area contributed by atoms with E-state index in [1.54, 1.807) is 36.4 Å². The average Bonchev–Trinajstić information content (AvgIpc) is 2.91. The van der Waals surface area contributed by atoms with Crippen LogP contribution in [0.3, 0.4) is 0 Å². The highest BCUT2D eigenvalue weighted by Gasteiger charge is 2.07. The van der Waals surface area contributed by atoms with Crippen molar-refractivity contribution in [2.75, 3.05) is 17.2 Å². The molecule has 0 aliphatic carbocycles. The van der Waals surface area contributed by atoms with Crippen LogP contribution in [0, 0.1) is 0 Å². The third kappa shape index (κ3) is 7.47. The number of benzene rings is 4. The largest absolute Gasteiger partial charge is 0.489 e. The lowest BCUT2D eigenvalue weighted by Gasteiger charge is -2.10. The predicted molar refractivity (Wildman–Crippen MR) is 138 cm³/mol. The Morgan fingerprint density at radius 3 is 1.91 bits per heavy atom. The summed E-state index contributed by atoms with van der Waals surface area (Å²) in [7, 11) is 0. The van der Waals surface area contributed by atoms with Gasteiger partial charge in [-0.25, -0.2) is 0 Å². The highest BCUT2D eigenvalue weighted by molar-refractivity contribution is 5.95. The van der Waals surface area contributed by atoms with Gasteiger partial charge in [0.1, 0.15) is 12.4 Å². The van der Waals surface area contributed by atoms with Crippen LogP contribution in [-0.4, -0.2) is 18.4 Å². The van der Waals surface area contributed by atoms with Crippen molar-refractivity contribution < 1.29 is 14.3 Å². The Bertz CT molecular complexity index is 1230. The van der Waals surface area contributed by atoms with Gasteiger partial charge in [0.25, 0.3) is 5.91 Å². The summed E-state index contributed by atoms with van der Waals surface area (Å²) in [5, 5.41) is 8.82. The van der Waals surface area contributed by atoms with E-state index in [0.29, 0.717) is 24.4 Å². The number of hydrogen-bond donors (Lipinski definition) is 3. The van der Waals surface area contributed by atoms with E-state index in [4.69, 9.17) is 4.74 Å². The van der Waals surface area contributed by atoms with Gasteiger partial charge in [-0.05, 0) is 59.7 Å². The maximum Gasteiger partial charge on any atom is 0.251 e. The van der Waals surface area contributed by atoms with Crippen molar-refractivity contribution in [3.63, 3.8) is 0 Å². The van der Waals surface area contributed by atoms with Gasteiger partial charge in [-0.3, -0.25) is 9.59 Å². The van der Waals surface area contributed by atoms with Gasteiger partial charge in [0.05, 0.1) is 6.54 Å². The summed E-state index contributed by atoms with van der Waals surface area (Å²) in [6, 6.07) is 34.0. The molecule has 0 aliphatic heterocycles. The van der Waals surface area contributed by atoms with E-state index in [1.165, 1.54) is 0 Å². The Labute approximate surface area is 205 Å². The Balaban J connectivity index is 1.19. The Morgan fingerprint density at radius 2 is 1.26 bits per heavy atom. The maximum absolute atomic E-state index is 12.3. The van der Waals surface area contributed by atoms with Crippen molar-refractivity contribution in [2.45, 2.75) is 13.2 Å². The Kier molecular flexibility index (Phi) is 8.11. The molecule has 4 aromatic carbocycles. The van der Waals surface area contributed by atoms with Crippen LogP contribution >= 0.6 is 0 Å². The van der Waals surface area contributed by atoms with Crippen molar-refractivity contribution in [1.82, 2.24) is 5.32 Å². The van der Waals surface area contributed by atoms with E-state index in [0.717, 1.165) is 22.6 Å². The number of carbonyl (C=O) groups is 2. The van der Waals surface area contributed by atoms with Crippen molar-refractivity contribution >= 4 is 23.2 Å². The second-order valence-corrected chi connectivity index (χ2v) is 7.95. The van der Waals surface area contributed by atoms with Gasteiger partial charge in [-0.1, -0.05) is 60.7 Å². The molecule has 35 heavy (non-hydrogen) atoms. The summed E-state index contributed by atoms with van der Waals surface area (Å²) in [6.45, 7) is 1.07. The van der Waals surface area contributed by atoms with E-state index >= 15 is 0 Å². The SMILES string of the molecule is O=C(CNc1ccc(C(=O)NCc2ccccc2)cc1)Nc1ccc(OCc2ccccc2)cc1. The molecule has 0 radical (unpaired) electrons. The zero-order valence-electron chi connectivity index (χ0n) is 19.2. The van der Waals surface area contributed by atoms with Gasteiger partial charge in [-0.2, -0.15) is 0 Å². The smallest absolute Gasteiger partial charge is 0.251 e. The van der Waals surface area contributed by atoms with Crippen LogP contribution in [0.5, 0.6) is 5.75 Å². The molecule has 0 saturated carbocycles. The number of amides is 2. The van der Waals surface area contributed by atoms with Gasteiger partial charge in [-0.15, -0.1) is 0 Å². The van der Waals surface area contributed by atoms with Crippen LogP contribution in [0.25, 0.3) is 0 Å². The first-order valence-electron chi connectivity index (χ1n) is 11.4. The van der Waals surface area contributed by atoms with E-state index in [-0.39, 0.29) is 18.4 Å². The molecule has 0 saturated heterocycles. The molecule has 0 aliphatic rings. The summed E-state index contributed by atoms with van der Waals surface area (Å²) < 4.78 is 5.77. The molecule has 6 nitrogen and oxygen atoms in total. The fourth-order valence-electron chi connectivity index (χ4n) is 3.38. The highest BCUT2D eigenvalue weighted by Crippen LogP contribution is 2.17. The number of ether oxygens (including phenoxy) is 1. The molecule has 2 amide bonds. The van der Waals surface area contributed by atoms with Crippen LogP contribution in [0.4, 0.5) is 11.4 Å². The molecule has 4 aromatic rings. The van der Waals surface area contributed by atoms with Crippen LogP contribution in [0.15, 0.2) is 109 Å². The minimum atomic E-state index is -0.173. The van der Waals surface area contributed by atoms with E-state index in [9.17, 15) is 9.59 Å². The van der Waals surface area contributed by atoms with Crippen molar-refractivity contribution in [1.29, 1.82) is 0 Å². The number of nitrogens with one attached hydrogen (secondary N) is 3. The van der Waals surface area contributed by atoms with Gasteiger partial charge in [0.15, 0.2) is 0 Å². The zero-order valence-corrected chi connectivity index (χ0v) is 19.2. The molecule has 0 heterocycles. The molecule has 176 valence electrons. The van der Waals surface area contributed by atoms with Crippen LogP contribution in [0.1, 0.15) is 21.5 Å². The Morgan fingerprint density at radius 1 is 0.657 bits per heavy atom. The summed E-state index contributed by atoms with van der Waals surface area (Å²) >= 11 is 0. The molecular formula is C29H27N3O3. The lowest BCUT2D eigenvalue weighted by atomic mass is 10.1. The monoisotopic (exact) mass is 465 g/mol. The van der Waals surface area contributed by atoms with Gasteiger partial charge in [0.2, 0.25) is 5.91 Å². The number of hydrogen-bond acceptors (Lipinski definition) is 4. The van der Waals surface area contributed by atoms with Gasteiger partial charge < -0.3 is 20.7 Å². The third-order valence-corrected chi connectivity index (χ3v) is 5.28. The molecular weight excluding hydrogens is 438 g/mol. The molecule has 6 heteroatoms. The lowest BCUT2D eigenvalue weighted by Crippen LogP contribution is -2.23. The first kappa shape index (κ1) is 23.6. The van der Waals surface area contributed by atoms with Crippen LogP contribution in [0.2, 0.25) is 0 Å². The van der Waals surface area contributed by atoms with Gasteiger partial charge in [0, 0.05) is 23.5 Å². The summed E-state index contributed by atoms with van der Waals surface area (Å²) in [4.78, 5) is 24.6. The second-order valence-electron chi connectivity index (χ2n) is 7.95. The second kappa shape index (κ2) is 12.0. The van der Waals surface area contributed by atoms with Crippen molar-refractivity contribution in [3.05, 3.63) is 126 Å². The molecule has 0 aromatic heterocycles. The van der Waals surface area contributed by atoms with Crippen molar-refractivity contribution in [3.8, 4) is 5.75 Å². The summed E-state index contributed by atoms with van der Waals surface area (Å²) in [6.07, 6.45) is 0. The fraction of sp³-hybridized carbons (Fsp3) is 0.103. The van der Waals surface area contributed by atoms with E-state index in [1.807, 2.05) is 72.8 Å². The first-order chi connectivity index (χ1) is 17.2. The normalized spacial score (nSPS) is 10.3. The van der Waals surface area contributed by atoms with Crippen LogP contribution < -0.4 is 20.7 Å². The van der Waals surface area contributed by atoms with Crippen molar-refractivity contribution in [2.24, 2.45) is 0 Å². The Hall–Kier alpha value is -4.58. The van der Waals surface area contributed by atoms with Gasteiger partial charge >= 0.3 is 0 Å². The average molecular weight is 466 g/mol. The topological polar surface area (TPSA) is 79.5 Å². The first-order valence-corrected chi connectivity index (χ1v) is 11.4. The quantitative estimate of drug-likeness (QED) is 0.299. The summed E-state index contributed by atoms with van der Waals surface area (Å²) in [5.74, 6) is 0.417. The molecule has 0 unspecified atom stereocenters. The molecule has 0 fully saturated rings. The standard InChI is InChI=1S/C29H27N3O3/c33-28(32-26-15-17-27(18-16-26)35-21-23-9-5-2-6-10-23)20-30-25-13-11-24(12-14-25)29(34)31-19-22-7-3-1-4-8-22/h1-18,30H,19-21H2,(H,31,34)(H,32,33). The highest BCUT2D eigenvalue weighted by atomic mass is 16.5.